The Morgan fingerprint density at radius 2 is 1.15 bits per heavy atom. The minimum atomic E-state index is -4.87. The van der Waals surface area contributed by atoms with E-state index in [0.717, 1.165) is 17.2 Å². The third kappa shape index (κ3) is 17.2. The third-order valence-corrected chi connectivity index (χ3v) is 9.02. The van der Waals surface area contributed by atoms with Crippen molar-refractivity contribution in [3.63, 3.8) is 0 Å². The zero-order chi connectivity index (χ0) is 41.7. The molecule has 0 heterocycles. The number of fused-ring (bicyclic) bond motifs is 1. The average Bonchev–Trinajstić information content (AvgIpc) is 3.18. The fraction of sp³-hybridized carbons (Fsp3) is 0.0541. The molecule has 296 valence electrons. The number of benzene rings is 6. The fourth-order valence-electron chi connectivity index (χ4n) is 5.00. The Balaban J connectivity index is 0.00000175. The third-order valence-electron chi connectivity index (χ3n) is 7.59. The molecule has 0 radical (unpaired) electrons. The second-order valence-electron chi connectivity index (χ2n) is 11.7. The van der Waals surface area contributed by atoms with Crippen LogP contribution in [0.2, 0.25) is 0 Å². The van der Waals surface area contributed by atoms with Crippen LogP contribution in [-0.2, 0) is 30.1 Å². The van der Waals surface area contributed by atoms with Crippen molar-refractivity contribution in [1.29, 1.82) is 0 Å². The smallest absolute Gasteiger partial charge is 0.744 e. The molecule has 0 atom stereocenters. The second-order valence-corrected chi connectivity index (χ2v) is 14.2. The molecular formula is C37H27N8Na3O10S3. The maximum absolute atomic E-state index is 12.3. The normalized spacial score (nSPS) is 11.0. The van der Waals surface area contributed by atoms with E-state index in [-0.39, 0.29) is 105 Å². The molecule has 0 aliphatic rings. The molecule has 6 aromatic rings. The first-order valence-corrected chi connectivity index (χ1v) is 19.5. The van der Waals surface area contributed by atoms with Crippen molar-refractivity contribution in [1.82, 2.24) is 0 Å². The summed E-state index contributed by atoms with van der Waals surface area (Å²) in [4.78, 5) is 12.0. The monoisotopic (exact) mass is 908 g/mol. The first-order valence-electron chi connectivity index (χ1n) is 16.3. The summed E-state index contributed by atoms with van der Waals surface area (Å²) in [6.07, 6.45) is 0. The fourth-order valence-corrected chi connectivity index (χ4v) is 6.24. The molecule has 0 unspecified atom stereocenters. The number of hydrogen-bond acceptors (Lipinski definition) is 17. The van der Waals surface area contributed by atoms with Crippen LogP contribution in [0.3, 0.4) is 0 Å². The number of amides is 2. The van der Waals surface area contributed by atoms with Crippen molar-refractivity contribution in [2.75, 3.05) is 10.6 Å². The summed E-state index contributed by atoms with van der Waals surface area (Å²) in [6.45, 7) is 3.77. The summed E-state index contributed by atoms with van der Waals surface area (Å²) < 4.78 is 65.4. The number of carbonyl (C=O) groups excluding carboxylic acids is 1. The molecule has 61 heavy (non-hydrogen) atoms. The number of urea groups is 1. The molecule has 6 rings (SSSR count). The maximum Gasteiger partial charge on any atom is 1.00 e. The van der Waals surface area contributed by atoms with Crippen molar-refractivity contribution < 1.29 is 134 Å². The SMILES string of the molecule is Cc1cc(N=Nc2ccc(NC(=O)Nc3cc[c-]cc3)cc2C)ccc1N=Nc1ccc(N=Nc2ccc3cc(SOO[O-])cc(S(=O)(=O)[O-])c3c2)cc1.O=S(=O)=O.[Na+].[Na+].[Na+]. The van der Waals surface area contributed by atoms with Crippen LogP contribution in [0.4, 0.5) is 50.3 Å². The van der Waals surface area contributed by atoms with E-state index in [9.17, 15) is 23.0 Å². The van der Waals surface area contributed by atoms with Crippen LogP contribution < -0.4 is 105 Å². The van der Waals surface area contributed by atoms with Crippen molar-refractivity contribution in [3.05, 3.63) is 132 Å². The number of anilines is 2. The van der Waals surface area contributed by atoms with Crippen LogP contribution in [0.1, 0.15) is 11.1 Å². The molecule has 0 spiro atoms. The van der Waals surface area contributed by atoms with Crippen LogP contribution in [-0.4, -0.2) is 31.6 Å². The summed E-state index contributed by atoms with van der Waals surface area (Å²) >= 11 is 0.472. The van der Waals surface area contributed by atoms with Gasteiger partial charge in [0.25, 0.3) is 0 Å². The Morgan fingerprint density at radius 1 is 0.656 bits per heavy atom. The van der Waals surface area contributed by atoms with Crippen molar-refractivity contribution in [3.8, 4) is 0 Å². The van der Waals surface area contributed by atoms with Crippen molar-refractivity contribution in [2.45, 2.75) is 23.6 Å². The number of carbonyl (C=O) groups is 1. The van der Waals surface area contributed by atoms with E-state index >= 15 is 0 Å². The van der Waals surface area contributed by atoms with Crippen molar-refractivity contribution >= 4 is 95.1 Å². The number of nitrogens with one attached hydrogen (secondary N) is 2. The first-order chi connectivity index (χ1) is 27.8. The Morgan fingerprint density at radius 3 is 1.72 bits per heavy atom. The molecule has 0 aliphatic carbocycles. The van der Waals surface area contributed by atoms with Gasteiger partial charge in [0.1, 0.15) is 10.1 Å². The molecule has 0 fully saturated rings. The van der Waals surface area contributed by atoms with Crippen LogP contribution in [0.5, 0.6) is 0 Å². The minimum absolute atomic E-state index is 0. The number of azo groups is 3. The number of nitrogens with zero attached hydrogens (tertiary/aromatic N) is 6. The average molecular weight is 909 g/mol. The molecule has 24 heteroatoms. The summed E-state index contributed by atoms with van der Waals surface area (Å²) in [6, 6.07) is 34.2. The number of aryl methyl sites for hydroxylation is 2. The zero-order valence-corrected chi connectivity index (χ0v) is 41.4. The molecule has 0 aromatic heterocycles. The van der Waals surface area contributed by atoms with Crippen LogP contribution in [0.15, 0.2) is 156 Å². The standard InChI is InChI=1S/C37H29N8O7S2.3Na.O3S/c1-23-18-29(39-37(46)38-26-6-4-3-5-7-26)14-16-34(23)45-43-30-15-17-35(24(2)19-30)44-41-28-12-10-27(11-13-28)40-42-31-9-8-25-20-32(53-52-51-47)22-36(33(25)21-31)54(48,49)50;;;;1-4(2)3/h4-22,47H,1-2H3,(H2,38,39,46)(H,48,49,50);;;;/q-1;3*+1;/p-2. The van der Waals surface area contributed by atoms with Crippen LogP contribution in [0.25, 0.3) is 10.8 Å². The minimum Gasteiger partial charge on any atom is -0.744 e. The van der Waals surface area contributed by atoms with E-state index in [1.807, 2.05) is 26.0 Å². The van der Waals surface area contributed by atoms with E-state index < -0.39 is 25.6 Å². The summed E-state index contributed by atoms with van der Waals surface area (Å²) in [5, 5.41) is 45.4. The Bertz CT molecular complexity index is 2770. The van der Waals surface area contributed by atoms with Gasteiger partial charge in [-0.25, -0.2) is 13.2 Å². The van der Waals surface area contributed by atoms with Gasteiger partial charge >= 0.3 is 105 Å². The second kappa shape index (κ2) is 26.1. The molecule has 0 aliphatic heterocycles. The molecule has 6 aromatic carbocycles. The number of hydrogen-bond donors (Lipinski definition) is 2. The molecular weight excluding hydrogens is 882 g/mol. The van der Waals surface area contributed by atoms with Gasteiger partial charge in [-0.15, -0.1) is 24.8 Å². The van der Waals surface area contributed by atoms with Gasteiger partial charge in [0, 0.05) is 16.0 Å². The predicted octanol–water partition coefficient (Wildman–Crippen LogP) is 0.290. The molecule has 0 saturated heterocycles. The topological polar surface area (TPSA) is 265 Å². The van der Waals surface area contributed by atoms with Gasteiger partial charge < -0.3 is 20.4 Å². The van der Waals surface area contributed by atoms with Crippen LogP contribution >= 0.6 is 12.0 Å². The van der Waals surface area contributed by atoms with E-state index in [2.05, 4.69) is 56.8 Å². The molecule has 0 saturated carbocycles. The van der Waals surface area contributed by atoms with E-state index in [4.69, 9.17) is 12.6 Å². The van der Waals surface area contributed by atoms with Crippen molar-refractivity contribution in [2.24, 2.45) is 30.7 Å². The van der Waals surface area contributed by atoms with E-state index in [0.29, 0.717) is 62.9 Å². The zero-order valence-electron chi connectivity index (χ0n) is 33.0. The quantitative estimate of drug-likeness (QED) is 0.0321. The van der Waals surface area contributed by atoms with Gasteiger partial charge in [-0.1, -0.05) is 11.8 Å². The molecule has 0 bridgehead atoms. The Kier molecular flexibility index (Phi) is 22.9. The van der Waals surface area contributed by atoms with Gasteiger partial charge in [-0.2, -0.15) is 53.2 Å². The Hall–Kier alpha value is -3.59. The largest absolute Gasteiger partial charge is 1.00 e. The van der Waals surface area contributed by atoms with E-state index in [1.54, 1.807) is 84.9 Å². The van der Waals surface area contributed by atoms with Gasteiger partial charge in [-0.05, 0) is 115 Å². The number of rotatable bonds is 12. The molecule has 18 nitrogen and oxygen atoms in total. The van der Waals surface area contributed by atoms with Gasteiger partial charge in [0.05, 0.1) is 51.1 Å². The first kappa shape index (κ1) is 53.5. The summed E-state index contributed by atoms with van der Waals surface area (Å²) in [5.41, 5.74) is 6.23. The maximum atomic E-state index is 12.3. The van der Waals surface area contributed by atoms with Gasteiger partial charge in [0.2, 0.25) is 0 Å². The molecule has 2 amide bonds. The summed E-state index contributed by atoms with van der Waals surface area (Å²) in [5.74, 6) is 0. The Labute approximate surface area is 421 Å². The van der Waals surface area contributed by atoms with E-state index in [1.165, 1.54) is 12.1 Å². The van der Waals surface area contributed by atoms with Gasteiger partial charge in [-0.3, -0.25) is 5.04 Å². The predicted molar refractivity (Wildman–Crippen MR) is 209 cm³/mol. The molecule has 2 N–H and O–H groups in total. The van der Waals surface area contributed by atoms with Gasteiger partial charge in [0.15, 0.2) is 0 Å². The summed E-state index contributed by atoms with van der Waals surface area (Å²) in [7, 11) is -7.98. The van der Waals surface area contributed by atoms with Crippen LogP contribution in [0, 0.1) is 19.9 Å².